The van der Waals surface area contributed by atoms with Crippen molar-refractivity contribution in [3.05, 3.63) is 64.9 Å². The number of hydrogen-bond acceptors (Lipinski definition) is 1. The molecule has 0 N–H and O–H groups in total. The predicted octanol–water partition coefficient (Wildman–Crippen LogP) is 4.69. The predicted molar refractivity (Wildman–Crippen MR) is 73.9 cm³/mol. The molecule has 1 heterocycles. The maximum Gasteiger partial charge on any atom is 0.0406 e. The fourth-order valence-corrected chi connectivity index (χ4v) is 1.84. The van der Waals surface area contributed by atoms with Gasteiger partial charge in [0.05, 0.1) is 0 Å². The summed E-state index contributed by atoms with van der Waals surface area (Å²) in [6, 6.07) is 11.9. The fraction of sp³-hybridized carbons (Fsp3) is 0.133. The maximum atomic E-state index is 5.87. The Morgan fingerprint density at radius 3 is 2.35 bits per heavy atom. The van der Waals surface area contributed by atoms with Gasteiger partial charge in [0.2, 0.25) is 0 Å². The van der Waals surface area contributed by atoms with E-state index in [4.69, 9.17) is 11.6 Å². The van der Waals surface area contributed by atoms with E-state index in [9.17, 15) is 0 Å². The van der Waals surface area contributed by atoms with Crippen LogP contribution in [0.5, 0.6) is 0 Å². The van der Waals surface area contributed by atoms with Crippen LogP contribution in [0.25, 0.3) is 11.6 Å². The number of benzene rings is 1. The van der Waals surface area contributed by atoms with Crippen molar-refractivity contribution in [3.63, 3.8) is 0 Å². The number of rotatable bonds is 3. The fourth-order valence-electron chi connectivity index (χ4n) is 1.72. The molecule has 0 radical (unpaired) electrons. The summed E-state index contributed by atoms with van der Waals surface area (Å²) in [7, 11) is 0. The lowest BCUT2D eigenvalue weighted by Gasteiger charge is -2.04. The molecular formula is C15H14ClN. The Kier molecular flexibility index (Phi) is 3.94. The zero-order valence-electron chi connectivity index (χ0n) is 9.73. The normalized spacial score (nSPS) is 11.5. The van der Waals surface area contributed by atoms with Crippen LogP contribution in [0, 0.1) is 0 Å². The van der Waals surface area contributed by atoms with Gasteiger partial charge in [-0.25, -0.2) is 0 Å². The number of aromatic nitrogens is 1. The highest BCUT2D eigenvalue weighted by Gasteiger charge is 1.99. The van der Waals surface area contributed by atoms with E-state index in [0.29, 0.717) is 0 Å². The standard InChI is InChI=1S/C15H14ClN/c1-2-13(14-7-9-17-10-8-14)11-12-3-5-15(16)6-4-12/h3-11H,2H2,1H3. The van der Waals surface area contributed by atoms with Crippen LogP contribution in [0.15, 0.2) is 48.8 Å². The number of nitrogens with zero attached hydrogens (tertiary/aromatic N) is 1. The van der Waals surface area contributed by atoms with Gasteiger partial charge in [-0.2, -0.15) is 0 Å². The van der Waals surface area contributed by atoms with Gasteiger partial charge in [0, 0.05) is 17.4 Å². The number of pyridine rings is 1. The third kappa shape index (κ3) is 3.18. The maximum absolute atomic E-state index is 5.87. The summed E-state index contributed by atoms with van der Waals surface area (Å²) in [6.07, 6.45) is 6.82. The van der Waals surface area contributed by atoms with Gasteiger partial charge in [-0.05, 0) is 47.4 Å². The minimum Gasteiger partial charge on any atom is -0.265 e. The van der Waals surface area contributed by atoms with E-state index in [-0.39, 0.29) is 0 Å². The average molecular weight is 244 g/mol. The van der Waals surface area contributed by atoms with Crippen molar-refractivity contribution in [2.75, 3.05) is 0 Å². The highest BCUT2D eigenvalue weighted by molar-refractivity contribution is 6.30. The van der Waals surface area contributed by atoms with E-state index in [2.05, 4.69) is 18.0 Å². The molecule has 1 aromatic heterocycles. The molecule has 0 amide bonds. The molecule has 17 heavy (non-hydrogen) atoms. The van der Waals surface area contributed by atoms with Crippen molar-refractivity contribution in [2.45, 2.75) is 13.3 Å². The van der Waals surface area contributed by atoms with E-state index >= 15 is 0 Å². The molecule has 0 spiro atoms. The Labute approximate surface area is 107 Å². The molecule has 0 bridgehead atoms. The van der Waals surface area contributed by atoms with E-state index in [0.717, 1.165) is 11.4 Å². The molecule has 2 aromatic rings. The van der Waals surface area contributed by atoms with Gasteiger partial charge in [-0.15, -0.1) is 0 Å². The first kappa shape index (κ1) is 11.9. The van der Waals surface area contributed by atoms with Gasteiger partial charge in [0.15, 0.2) is 0 Å². The Morgan fingerprint density at radius 1 is 1.12 bits per heavy atom. The van der Waals surface area contributed by atoms with Crippen LogP contribution in [0.2, 0.25) is 5.02 Å². The summed E-state index contributed by atoms with van der Waals surface area (Å²) in [5.74, 6) is 0. The second kappa shape index (κ2) is 5.65. The molecule has 2 rings (SSSR count). The summed E-state index contributed by atoms with van der Waals surface area (Å²) in [4.78, 5) is 4.04. The Morgan fingerprint density at radius 2 is 1.76 bits per heavy atom. The lowest BCUT2D eigenvalue weighted by atomic mass is 10.0. The zero-order valence-corrected chi connectivity index (χ0v) is 10.5. The zero-order chi connectivity index (χ0) is 12.1. The lowest BCUT2D eigenvalue weighted by molar-refractivity contribution is 1.23. The monoisotopic (exact) mass is 243 g/mol. The summed E-state index contributed by atoms with van der Waals surface area (Å²) in [5.41, 5.74) is 3.69. The second-order valence-electron chi connectivity index (χ2n) is 3.81. The van der Waals surface area contributed by atoms with Gasteiger partial charge in [-0.1, -0.05) is 36.7 Å². The molecule has 2 heteroatoms. The molecule has 86 valence electrons. The Balaban J connectivity index is 2.33. The first-order valence-electron chi connectivity index (χ1n) is 5.66. The van der Waals surface area contributed by atoms with Gasteiger partial charge in [-0.3, -0.25) is 4.98 Å². The summed E-state index contributed by atoms with van der Waals surface area (Å²) in [5, 5.41) is 0.768. The summed E-state index contributed by atoms with van der Waals surface area (Å²) >= 11 is 5.87. The number of allylic oxidation sites excluding steroid dienone is 1. The molecule has 0 aliphatic heterocycles. The van der Waals surface area contributed by atoms with E-state index in [1.165, 1.54) is 16.7 Å². The lowest BCUT2D eigenvalue weighted by Crippen LogP contribution is -1.83. The molecular weight excluding hydrogens is 230 g/mol. The average Bonchev–Trinajstić information content (AvgIpc) is 2.39. The van der Waals surface area contributed by atoms with Crippen LogP contribution in [0.3, 0.4) is 0 Å². The summed E-state index contributed by atoms with van der Waals surface area (Å²) in [6.45, 7) is 2.15. The van der Waals surface area contributed by atoms with Crippen molar-refractivity contribution >= 4 is 23.3 Å². The Hall–Kier alpha value is -1.60. The van der Waals surface area contributed by atoms with Crippen LogP contribution in [0.1, 0.15) is 24.5 Å². The first-order valence-corrected chi connectivity index (χ1v) is 6.04. The van der Waals surface area contributed by atoms with Crippen molar-refractivity contribution in [2.24, 2.45) is 0 Å². The van der Waals surface area contributed by atoms with Crippen LogP contribution in [-0.4, -0.2) is 4.98 Å². The first-order chi connectivity index (χ1) is 8.29. The molecule has 0 saturated heterocycles. The highest BCUT2D eigenvalue weighted by atomic mass is 35.5. The SMILES string of the molecule is CCC(=Cc1ccc(Cl)cc1)c1ccncc1. The third-order valence-corrected chi connectivity index (χ3v) is 2.89. The van der Waals surface area contributed by atoms with E-state index in [1.807, 2.05) is 48.8 Å². The van der Waals surface area contributed by atoms with Crippen molar-refractivity contribution in [1.29, 1.82) is 0 Å². The van der Waals surface area contributed by atoms with Gasteiger partial charge < -0.3 is 0 Å². The van der Waals surface area contributed by atoms with Gasteiger partial charge in [0.25, 0.3) is 0 Å². The molecule has 0 aliphatic rings. The highest BCUT2D eigenvalue weighted by Crippen LogP contribution is 2.21. The smallest absolute Gasteiger partial charge is 0.0406 e. The van der Waals surface area contributed by atoms with Crippen LogP contribution >= 0.6 is 11.6 Å². The van der Waals surface area contributed by atoms with Crippen LogP contribution in [-0.2, 0) is 0 Å². The van der Waals surface area contributed by atoms with Crippen molar-refractivity contribution < 1.29 is 0 Å². The van der Waals surface area contributed by atoms with Gasteiger partial charge in [0.1, 0.15) is 0 Å². The van der Waals surface area contributed by atoms with E-state index < -0.39 is 0 Å². The number of halogens is 1. The molecule has 0 saturated carbocycles. The summed E-state index contributed by atoms with van der Waals surface area (Å²) < 4.78 is 0. The number of hydrogen-bond donors (Lipinski definition) is 0. The molecule has 0 atom stereocenters. The minimum atomic E-state index is 0.768. The van der Waals surface area contributed by atoms with Crippen LogP contribution < -0.4 is 0 Å². The van der Waals surface area contributed by atoms with Crippen molar-refractivity contribution in [3.8, 4) is 0 Å². The Bertz CT molecular complexity index is 500. The van der Waals surface area contributed by atoms with Crippen LogP contribution in [0.4, 0.5) is 0 Å². The topological polar surface area (TPSA) is 12.9 Å². The third-order valence-electron chi connectivity index (χ3n) is 2.64. The second-order valence-corrected chi connectivity index (χ2v) is 4.25. The molecule has 1 aromatic carbocycles. The van der Waals surface area contributed by atoms with Gasteiger partial charge >= 0.3 is 0 Å². The molecule has 0 aliphatic carbocycles. The molecule has 1 nitrogen and oxygen atoms in total. The van der Waals surface area contributed by atoms with Crippen molar-refractivity contribution in [1.82, 2.24) is 4.98 Å². The quantitative estimate of drug-likeness (QED) is 0.762. The molecule has 0 unspecified atom stereocenters. The van der Waals surface area contributed by atoms with E-state index in [1.54, 1.807) is 0 Å². The minimum absolute atomic E-state index is 0.768. The largest absolute Gasteiger partial charge is 0.265 e. The molecule has 0 fully saturated rings.